The number of rotatable bonds is 5. The highest BCUT2D eigenvalue weighted by Gasteiger charge is 2.25. The quantitative estimate of drug-likeness (QED) is 0.615. The van der Waals surface area contributed by atoms with E-state index in [2.05, 4.69) is 43.3 Å². The van der Waals surface area contributed by atoms with Crippen molar-refractivity contribution in [3.63, 3.8) is 0 Å². The first-order chi connectivity index (χ1) is 15.0. The third-order valence-electron chi connectivity index (χ3n) is 5.96. The second-order valence-corrected chi connectivity index (χ2v) is 8.04. The Hall–Kier alpha value is -3.18. The molecule has 5 nitrogen and oxygen atoms in total. The molecule has 0 radical (unpaired) electrons. The number of amides is 2. The Morgan fingerprint density at radius 3 is 2.35 bits per heavy atom. The summed E-state index contributed by atoms with van der Waals surface area (Å²) in [5.74, 6) is -0.113. The molecule has 1 unspecified atom stereocenters. The average molecular weight is 417 g/mol. The second kappa shape index (κ2) is 8.90. The molecule has 0 spiro atoms. The highest BCUT2D eigenvalue weighted by Crippen LogP contribution is 2.27. The fraction of sp³-hybridized carbons (Fsp3) is 0.308. The van der Waals surface area contributed by atoms with Crippen molar-refractivity contribution in [2.24, 2.45) is 0 Å². The Bertz CT molecular complexity index is 1110. The molecule has 0 saturated carbocycles. The summed E-state index contributed by atoms with van der Waals surface area (Å²) in [6, 6.07) is 20.5. The molecule has 1 saturated heterocycles. The zero-order valence-corrected chi connectivity index (χ0v) is 18.3. The molecule has 0 aliphatic carbocycles. The van der Waals surface area contributed by atoms with Crippen LogP contribution in [0.4, 0.5) is 0 Å². The molecule has 1 atom stereocenters. The molecule has 31 heavy (non-hydrogen) atoms. The van der Waals surface area contributed by atoms with Crippen LogP contribution in [0.3, 0.4) is 0 Å². The van der Waals surface area contributed by atoms with Crippen LogP contribution in [0.25, 0.3) is 21.9 Å². The van der Waals surface area contributed by atoms with Crippen molar-refractivity contribution < 1.29 is 14.3 Å². The maximum absolute atomic E-state index is 12.9. The van der Waals surface area contributed by atoms with Gasteiger partial charge in [0.25, 0.3) is 5.91 Å². The van der Waals surface area contributed by atoms with E-state index >= 15 is 0 Å². The number of likely N-dealkylation sites (N-methyl/N-ethyl adjacent to an activating group) is 1. The van der Waals surface area contributed by atoms with E-state index < -0.39 is 0 Å². The summed E-state index contributed by atoms with van der Waals surface area (Å²) in [6.07, 6.45) is 0.0854. The molecule has 0 aromatic heterocycles. The Balaban J connectivity index is 1.54. The number of nitrogens with zero attached hydrogens (tertiary/aromatic N) is 2. The first kappa shape index (κ1) is 21.1. The summed E-state index contributed by atoms with van der Waals surface area (Å²) in [6.45, 7) is 6.04. The van der Waals surface area contributed by atoms with Gasteiger partial charge in [0.1, 0.15) is 6.54 Å². The number of fused-ring (bicyclic) bond motifs is 1. The molecule has 0 bridgehead atoms. The number of hydrogen-bond acceptors (Lipinski definition) is 3. The summed E-state index contributed by atoms with van der Waals surface area (Å²) in [4.78, 5) is 28.1. The smallest absolute Gasteiger partial charge is 0.254 e. The number of ether oxygens (including phenoxy) is 1. The van der Waals surface area contributed by atoms with Gasteiger partial charge in [0.15, 0.2) is 0 Å². The lowest BCUT2D eigenvalue weighted by Gasteiger charge is -2.32. The van der Waals surface area contributed by atoms with Crippen LogP contribution < -0.4 is 0 Å². The minimum absolute atomic E-state index is 0.0216. The van der Waals surface area contributed by atoms with E-state index in [0.717, 1.165) is 27.5 Å². The molecule has 1 aliphatic heterocycles. The Labute approximate surface area is 183 Å². The first-order valence-electron chi connectivity index (χ1n) is 10.7. The van der Waals surface area contributed by atoms with Crippen molar-refractivity contribution in [1.82, 2.24) is 9.80 Å². The Morgan fingerprint density at radius 2 is 1.65 bits per heavy atom. The van der Waals surface area contributed by atoms with E-state index in [1.807, 2.05) is 31.2 Å². The summed E-state index contributed by atoms with van der Waals surface area (Å²) in [7, 11) is 1.77. The van der Waals surface area contributed by atoms with Crippen molar-refractivity contribution in [3.05, 3.63) is 71.8 Å². The van der Waals surface area contributed by atoms with Crippen molar-refractivity contribution in [2.45, 2.75) is 20.0 Å². The van der Waals surface area contributed by atoms with Crippen LogP contribution in [-0.2, 0) is 9.53 Å². The molecule has 1 aliphatic rings. The fourth-order valence-electron chi connectivity index (χ4n) is 3.97. The molecular formula is C26H28N2O3. The highest BCUT2D eigenvalue weighted by molar-refractivity contribution is 6.01. The molecule has 1 heterocycles. The van der Waals surface area contributed by atoms with Gasteiger partial charge in [0.05, 0.1) is 6.10 Å². The number of benzene rings is 3. The minimum Gasteiger partial charge on any atom is -0.374 e. The van der Waals surface area contributed by atoms with Crippen LogP contribution in [0.5, 0.6) is 0 Å². The Kier molecular flexibility index (Phi) is 6.05. The van der Waals surface area contributed by atoms with Gasteiger partial charge in [-0.05, 0) is 59.5 Å². The predicted molar refractivity (Wildman–Crippen MR) is 123 cm³/mol. The van der Waals surface area contributed by atoms with Gasteiger partial charge in [-0.3, -0.25) is 9.59 Å². The number of piperazine rings is 1. The van der Waals surface area contributed by atoms with Crippen molar-refractivity contribution >= 4 is 22.6 Å². The molecule has 4 rings (SSSR count). The Morgan fingerprint density at radius 1 is 0.968 bits per heavy atom. The first-order valence-corrected chi connectivity index (χ1v) is 10.7. The number of carbonyl (C=O) groups excluding carboxylic acids is 2. The topological polar surface area (TPSA) is 49.9 Å². The van der Waals surface area contributed by atoms with Gasteiger partial charge in [0, 0.05) is 32.3 Å². The van der Waals surface area contributed by atoms with Gasteiger partial charge in [-0.15, -0.1) is 0 Å². The van der Waals surface area contributed by atoms with Gasteiger partial charge in [-0.25, -0.2) is 0 Å². The van der Waals surface area contributed by atoms with E-state index in [4.69, 9.17) is 4.74 Å². The fourth-order valence-corrected chi connectivity index (χ4v) is 3.97. The van der Waals surface area contributed by atoms with Crippen molar-refractivity contribution in [1.29, 1.82) is 0 Å². The van der Waals surface area contributed by atoms with E-state index in [-0.39, 0.29) is 24.5 Å². The van der Waals surface area contributed by atoms with Crippen LogP contribution >= 0.6 is 0 Å². The van der Waals surface area contributed by atoms with Crippen LogP contribution in [-0.4, -0.2) is 54.9 Å². The van der Waals surface area contributed by atoms with E-state index in [9.17, 15) is 9.59 Å². The molecular weight excluding hydrogens is 388 g/mol. The summed E-state index contributed by atoms with van der Waals surface area (Å²) >= 11 is 0. The monoisotopic (exact) mass is 416 g/mol. The maximum Gasteiger partial charge on any atom is 0.254 e. The average Bonchev–Trinajstić information content (AvgIpc) is 2.80. The normalized spacial score (nSPS) is 15.4. The third-order valence-corrected chi connectivity index (χ3v) is 5.96. The molecule has 5 heteroatoms. The van der Waals surface area contributed by atoms with Crippen LogP contribution in [0.15, 0.2) is 60.7 Å². The highest BCUT2D eigenvalue weighted by atomic mass is 16.5. The molecule has 160 valence electrons. The minimum atomic E-state index is -0.0913. The van der Waals surface area contributed by atoms with E-state index in [1.165, 1.54) is 0 Å². The van der Waals surface area contributed by atoms with E-state index in [1.54, 1.807) is 16.8 Å². The molecule has 3 aromatic carbocycles. The zero-order chi connectivity index (χ0) is 22.0. The van der Waals surface area contributed by atoms with Crippen LogP contribution in [0, 0.1) is 0 Å². The lowest BCUT2D eigenvalue weighted by Crippen LogP contribution is -2.50. The molecule has 3 aromatic rings. The standard InChI is InChI=1S/C26H28N2O3/c1-4-31-18(2)19-5-7-20(8-6-19)21-9-10-23-16-24(12-11-22(23)15-21)26(30)28-14-13-27(3)25(29)17-28/h5-12,15-16,18H,4,13-14,17H2,1-3H3. The van der Waals surface area contributed by atoms with Gasteiger partial charge in [-0.1, -0.05) is 42.5 Å². The predicted octanol–water partition coefficient (Wildman–Crippen LogP) is 4.52. The van der Waals surface area contributed by atoms with Crippen molar-refractivity contribution in [2.75, 3.05) is 33.3 Å². The van der Waals surface area contributed by atoms with Gasteiger partial charge in [0.2, 0.25) is 5.91 Å². The maximum atomic E-state index is 12.9. The van der Waals surface area contributed by atoms with Crippen LogP contribution in [0.2, 0.25) is 0 Å². The summed E-state index contributed by atoms with van der Waals surface area (Å²) in [5, 5.41) is 2.09. The van der Waals surface area contributed by atoms with Gasteiger partial charge >= 0.3 is 0 Å². The zero-order valence-electron chi connectivity index (χ0n) is 18.3. The molecule has 1 fully saturated rings. The van der Waals surface area contributed by atoms with E-state index in [0.29, 0.717) is 25.3 Å². The lowest BCUT2D eigenvalue weighted by molar-refractivity contribution is -0.133. The lowest BCUT2D eigenvalue weighted by atomic mass is 9.98. The van der Waals surface area contributed by atoms with Gasteiger partial charge in [-0.2, -0.15) is 0 Å². The van der Waals surface area contributed by atoms with Crippen LogP contribution in [0.1, 0.15) is 35.9 Å². The van der Waals surface area contributed by atoms with Crippen molar-refractivity contribution in [3.8, 4) is 11.1 Å². The third kappa shape index (κ3) is 4.47. The number of hydrogen-bond donors (Lipinski definition) is 0. The SMILES string of the molecule is CCOC(C)c1ccc(-c2ccc3cc(C(=O)N4CCN(C)C(=O)C4)ccc3c2)cc1. The molecule has 2 amide bonds. The largest absolute Gasteiger partial charge is 0.374 e. The number of carbonyl (C=O) groups is 2. The summed E-state index contributed by atoms with van der Waals surface area (Å²) in [5.41, 5.74) is 4.06. The second-order valence-electron chi connectivity index (χ2n) is 8.04. The summed E-state index contributed by atoms with van der Waals surface area (Å²) < 4.78 is 5.66. The molecule has 0 N–H and O–H groups in total. The van der Waals surface area contributed by atoms with Gasteiger partial charge < -0.3 is 14.5 Å².